The van der Waals surface area contributed by atoms with Gasteiger partial charge in [0.1, 0.15) is 12.2 Å². The van der Waals surface area contributed by atoms with Crippen LogP contribution in [0, 0.1) is 5.92 Å². The van der Waals surface area contributed by atoms with E-state index < -0.39 is 18.3 Å². The molecule has 1 aromatic carbocycles. The maximum atomic E-state index is 13.7. The van der Waals surface area contributed by atoms with Crippen molar-refractivity contribution in [1.82, 2.24) is 28.8 Å². The summed E-state index contributed by atoms with van der Waals surface area (Å²) in [4.78, 5) is 16.1. The second kappa shape index (κ2) is 10.9. The molecule has 1 saturated carbocycles. The van der Waals surface area contributed by atoms with Gasteiger partial charge in [0, 0.05) is 32.0 Å². The van der Waals surface area contributed by atoms with E-state index in [-0.39, 0.29) is 17.2 Å². The van der Waals surface area contributed by atoms with E-state index in [0.717, 1.165) is 61.1 Å². The number of likely N-dealkylation sites (tertiary alicyclic amines) is 1. The molecule has 2 fully saturated rings. The van der Waals surface area contributed by atoms with E-state index in [2.05, 4.69) is 28.6 Å². The molecule has 3 heterocycles. The first-order valence-electron chi connectivity index (χ1n) is 14.0. The Morgan fingerprint density at radius 2 is 2.05 bits per heavy atom. The summed E-state index contributed by atoms with van der Waals surface area (Å²) in [5.41, 5.74) is 1.20. The van der Waals surface area contributed by atoms with Crippen LogP contribution in [0.25, 0.3) is 11.9 Å². The molecule has 0 amide bonds. The highest BCUT2D eigenvalue weighted by molar-refractivity contribution is 5.46. The Kier molecular flexibility index (Phi) is 7.65. The van der Waals surface area contributed by atoms with Gasteiger partial charge in [-0.3, -0.25) is 14.0 Å². The zero-order chi connectivity index (χ0) is 28.7. The summed E-state index contributed by atoms with van der Waals surface area (Å²) < 4.78 is 45.3. The van der Waals surface area contributed by atoms with Gasteiger partial charge in [-0.05, 0) is 68.3 Å². The Bertz CT molecular complexity index is 1460. The van der Waals surface area contributed by atoms with Crippen LogP contribution in [0.15, 0.2) is 59.8 Å². The SMILES string of the molecule is C=C/C(=C\n1c(CC(F)(F)F)cn(-c2cccc(C3(c4nncn4C)CCC3)c2)c1=O)C(C)N1CCC[C@H](C)C1. The third-order valence-corrected chi connectivity index (χ3v) is 8.64. The fourth-order valence-corrected chi connectivity index (χ4v) is 6.27. The van der Waals surface area contributed by atoms with E-state index in [1.165, 1.54) is 17.0 Å². The zero-order valence-electron chi connectivity index (χ0n) is 23.4. The molecule has 214 valence electrons. The Morgan fingerprint density at radius 3 is 2.65 bits per heavy atom. The highest BCUT2D eigenvalue weighted by Gasteiger charge is 2.44. The largest absolute Gasteiger partial charge is 0.394 e. The molecule has 2 aliphatic rings. The Hall–Kier alpha value is -3.40. The number of hydrogen-bond donors (Lipinski definition) is 0. The topological polar surface area (TPSA) is 60.9 Å². The van der Waals surface area contributed by atoms with E-state index in [1.54, 1.807) is 18.5 Å². The van der Waals surface area contributed by atoms with Crippen LogP contribution in [0.4, 0.5) is 13.2 Å². The normalized spacial score (nSPS) is 20.8. The number of aryl methyl sites for hydroxylation is 1. The minimum absolute atomic E-state index is 0.0811. The quantitative estimate of drug-likeness (QED) is 0.346. The lowest BCUT2D eigenvalue weighted by Gasteiger charge is -2.41. The molecule has 0 spiro atoms. The molecule has 2 aromatic heterocycles. The van der Waals surface area contributed by atoms with Crippen molar-refractivity contribution in [3.8, 4) is 5.69 Å². The van der Waals surface area contributed by atoms with Crippen LogP contribution < -0.4 is 5.69 Å². The standard InChI is InChI=1S/C30H37F3N6O/c1-5-23(22(3)37-14-7-9-21(2)17-37)18-38-26(16-30(31,32)33)19-39(28(38)40)25-11-6-10-24(15-25)29(12-8-13-29)27-35-34-20-36(27)4/h5-6,10-11,15,18-22H,1,7-9,12-14,16-17H2,2-4H3/b23-18+/t21-,22?/m0/s1. The summed E-state index contributed by atoms with van der Waals surface area (Å²) in [6.45, 7) is 9.95. The summed E-state index contributed by atoms with van der Waals surface area (Å²) in [6, 6.07) is 7.41. The van der Waals surface area contributed by atoms with Gasteiger partial charge in [-0.25, -0.2) is 4.79 Å². The zero-order valence-corrected chi connectivity index (χ0v) is 23.4. The molecule has 0 radical (unpaired) electrons. The number of alkyl halides is 3. The molecule has 40 heavy (non-hydrogen) atoms. The van der Waals surface area contributed by atoms with Crippen molar-refractivity contribution < 1.29 is 13.2 Å². The molecule has 7 nitrogen and oxygen atoms in total. The molecule has 10 heteroatoms. The van der Waals surface area contributed by atoms with Crippen LogP contribution in [-0.2, 0) is 18.9 Å². The summed E-state index contributed by atoms with van der Waals surface area (Å²) >= 11 is 0. The number of piperidine rings is 1. The average Bonchev–Trinajstić information content (AvgIpc) is 3.43. The second-order valence-corrected chi connectivity index (χ2v) is 11.4. The monoisotopic (exact) mass is 554 g/mol. The van der Waals surface area contributed by atoms with Crippen LogP contribution in [0.5, 0.6) is 0 Å². The molecular formula is C30H37F3N6O. The lowest BCUT2D eigenvalue weighted by Crippen LogP contribution is -2.41. The Morgan fingerprint density at radius 1 is 1.27 bits per heavy atom. The van der Waals surface area contributed by atoms with Gasteiger partial charge in [0.25, 0.3) is 0 Å². The van der Waals surface area contributed by atoms with E-state index >= 15 is 0 Å². The molecular weight excluding hydrogens is 517 g/mol. The number of halogens is 3. The minimum atomic E-state index is -4.47. The molecule has 1 aliphatic carbocycles. The van der Waals surface area contributed by atoms with Gasteiger partial charge in [-0.15, -0.1) is 10.2 Å². The van der Waals surface area contributed by atoms with Gasteiger partial charge in [0.05, 0.1) is 23.2 Å². The van der Waals surface area contributed by atoms with Crippen LogP contribution in [-0.4, -0.2) is 54.1 Å². The van der Waals surface area contributed by atoms with Crippen molar-refractivity contribution in [3.05, 3.63) is 82.6 Å². The molecule has 3 aromatic rings. The van der Waals surface area contributed by atoms with Gasteiger partial charge >= 0.3 is 11.9 Å². The predicted octanol–water partition coefficient (Wildman–Crippen LogP) is 5.49. The summed E-state index contributed by atoms with van der Waals surface area (Å²) in [5, 5.41) is 8.42. The molecule has 1 unspecified atom stereocenters. The van der Waals surface area contributed by atoms with Crippen molar-refractivity contribution >= 4 is 6.20 Å². The van der Waals surface area contributed by atoms with Crippen molar-refractivity contribution in [1.29, 1.82) is 0 Å². The second-order valence-electron chi connectivity index (χ2n) is 11.4. The number of nitrogens with zero attached hydrogens (tertiary/aromatic N) is 6. The van der Waals surface area contributed by atoms with Crippen LogP contribution in [0.2, 0.25) is 0 Å². The van der Waals surface area contributed by atoms with E-state index in [9.17, 15) is 18.0 Å². The van der Waals surface area contributed by atoms with E-state index in [4.69, 9.17) is 0 Å². The Balaban J connectivity index is 1.57. The fraction of sp³-hybridized carbons (Fsp3) is 0.500. The van der Waals surface area contributed by atoms with Gasteiger partial charge in [-0.1, -0.05) is 38.1 Å². The lowest BCUT2D eigenvalue weighted by molar-refractivity contribution is -0.128. The minimum Gasteiger partial charge on any atom is -0.320 e. The predicted molar refractivity (Wildman–Crippen MR) is 149 cm³/mol. The van der Waals surface area contributed by atoms with Gasteiger partial charge in [0.2, 0.25) is 0 Å². The number of rotatable bonds is 8. The third kappa shape index (κ3) is 5.33. The van der Waals surface area contributed by atoms with Crippen LogP contribution in [0.1, 0.15) is 63.0 Å². The molecule has 0 N–H and O–H groups in total. The third-order valence-electron chi connectivity index (χ3n) is 8.64. The Labute approximate surface area is 232 Å². The summed E-state index contributed by atoms with van der Waals surface area (Å²) in [5.74, 6) is 1.39. The lowest BCUT2D eigenvalue weighted by atomic mass is 9.63. The number of aromatic nitrogens is 5. The van der Waals surface area contributed by atoms with Crippen molar-refractivity contribution in [2.45, 2.75) is 70.0 Å². The first-order chi connectivity index (χ1) is 19.0. The number of hydrogen-bond acceptors (Lipinski definition) is 4. The maximum Gasteiger partial charge on any atom is 0.394 e. The molecule has 1 aliphatic heterocycles. The smallest absolute Gasteiger partial charge is 0.320 e. The number of imidazole rings is 1. The first kappa shape index (κ1) is 28.1. The van der Waals surface area contributed by atoms with Crippen molar-refractivity contribution in [3.63, 3.8) is 0 Å². The van der Waals surface area contributed by atoms with Gasteiger partial charge in [-0.2, -0.15) is 13.2 Å². The first-order valence-corrected chi connectivity index (χ1v) is 14.0. The molecule has 1 saturated heterocycles. The maximum absolute atomic E-state index is 13.7. The highest BCUT2D eigenvalue weighted by Crippen LogP contribution is 2.48. The van der Waals surface area contributed by atoms with Crippen LogP contribution in [0.3, 0.4) is 0 Å². The van der Waals surface area contributed by atoms with Gasteiger partial charge < -0.3 is 4.57 Å². The van der Waals surface area contributed by atoms with Crippen LogP contribution >= 0.6 is 0 Å². The summed E-state index contributed by atoms with van der Waals surface area (Å²) in [7, 11) is 1.91. The molecule has 2 atom stereocenters. The molecule has 5 rings (SSSR count). The number of benzene rings is 1. The van der Waals surface area contributed by atoms with E-state index in [1.807, 2.05) is 36.7 Å². The summed E-state index contributed by atoms with van der Waals surface area (Å²) in [6.07, 6.45) is 5.51. The van der Waals surface area contributed by atoms with Gasteiger partial charge in [0.15, 0.2) is 0 Å². The average molecular weight is 555 g/mol. The van der Waals surface area contributed by atoms with Crippen molar-refractivity contribution in [2.24, 2.45) is 13.0 Å². The molecule has 0 bridgehead atoms. The fourth-order valence-electron chi connectivity index (χ4n) is 6.27. The van der Waals surface area contributed by atoms with Crippen molar-refractivity contribution in [2.75, 3.05) is 13.1 Å². The highest BCUT2D eigenvalue weighted by atomic mass is 19.4. The van der Waals surface area contributed by atoms with E-state index in [0.29, 0.717) is 17.2 Å².